The van der Waals surface area contributed by atoms with E-state index in [1.54, 1.807) is 4.68 Å². The van der Waals surface area contributed by atoms with Crippen molar-refractivity contribution >= 4 is 5.82 Å². The van der Waals surface area contributed by atoms with Crippen LogP contribution in [0.3, 0.4) is 0 Å². The number of hydrogen-bond acceptors (Lipinski definition) is 4. The van der Waals surface area contributed by atoms with Crippen molar-refractivity contribution in [3.8, 4) is 17.1 Å². The third-order valence-corrected chi connectivity index (χ3v) is 3.06. The van der Waals surface area contributed by atoms with E-state index in [9.17, 15) is 0 Å². The average Bonchev–Trinajstić information content (AvgIpc) is 2.81. The van der Waals surface area contributed by atoms with Gasteiger partial charge in [0.1, 0.15) is 12.1 Å². The van der Waals surface area contributed by atoms with E-state index in [2.05, 4.69) is 34.1 Å². The Hall–Kier alpha value is -2.69. The van der Waals surface area contributed by atoms with Crippen LogP contribution in [0.15, 0.2) is 42.7 Å². The Labute approximate surface area is 117 Å². The molecule has 0 unspecified atom stereocenters. The van der Waals surface area contributed by atoms with Gasteiger partial charge in [0.2, 0.25) is 0 Å². The minimum Gasteiger partial charge on any atom is -0.384 e. The predicted molar refractivity (Wildman–Crippen MR) is 78.5 cm³/mol. The average molecular weight is 265 g/mol. The molecule has 3 aromatic rings. The lowest BCUT2D eigenvalue weighted by atomic mass is 10.1. The van der Waals surface area contributed by atoms with Gasteiger partial charge in [0.05, 0.1) is 5.69 Å². The zero-order valence-corrected chi connectivity index (χ0v) is 11.4. The molecule has 2 heterocycles. The van der Waals surface area contributed by atoms with Gasteiger partial charge >= 0.3 is 0 Å². The van der Waals surface area contributed by atoms with Crippen molar-refractivity contribution in [2.75, 3.05) is 5.73 Å². The molecular formula is C15H15N5. The largest absolute Gasteiger partial charge is 0.384 e. The molecule has 0 bridgehead atoms. The van der Waals surface area contributed by atoms with Crippen molar-refractivity contribution in [3.63, 3.8) is 0 Å². The highest BCUT2D eigenvalue weighted by Crippen LogP contribution is 2.23. The fourth-order valence-electron chi connectivity index (χ4n) is 2.08. The van der Waals surface area contributed by atoms with Gasteiger partial charge in [0.25, 0.3) is 0 Å². The van der Waals surface area contributed by atoms with Gasteiger partial charge in [0, 0.05) is 23.4 Å². The van der Waals surface area contributed by atoms with E-state index in [4.69, 9.17) is 5.73 Å². The fourth-order valence-corrected chi connectivity index (χ4v) is 2.08. The molecule has 0 spiro atoms. The summed E-state index contributed by atoms with van der Waals surface area (Å²) in [5.74, 6) is 1.23. The van der Waals surface area contributed by atoms with Crippen LogP contribution < -0.4 is 5.73 Å². The summed E-state index contributed by atoms with van der Waals surface area (Å²) in [7, 11) is 0. The van der Waals surface area contributed by atoms with Gasteiger partial charge in [-0.15, -0.1) is 0 Å². The maximum Gasteiger partial charge on any atom is 0.159 e. The number of nitrogens with zero attached hydrogens (tertiary/aromatic N) is 4. The molecule has 100 valence electrons. The van der Waals surface area contributed by atoms with E-state index in [0.717, 1.165) is 17.0 Å². The Morgan fingerprint density at radius 1 is 1.05 bits per heavy atom. The number of benzene rings is 1. The molecule has 2 N–H and O–H groups in total. The Morgan fingerprint density at radius 3 is 2.65 bits per heavy atom. The Morgan fingerprint density at radius 2 is 1.90 bits per heavy atom. The van der Waals surface area contributed by atoms with E-state index in [1.165, 1.54) is 11.9 Å². The summed E-state index contributed by atoms with van der Waals surface area (Å²) in [5, 5.41) is 4.53. The Bertz CT molecular complexity index is 760. The predicted octanol–water partition coefficient (Wildman–Crippen LogP) is 2.53. The van der Waals surface area contributed by atoms with Crippen molar-refractivity contribution in [2.45, 2.75) is 13.8 Å². The first kappa shape index (κ1) is 12.3. The summed E-state index contributed by atoms with van der Waals surface area (Å²) in [6.07, 6.45) is 1.51. The van der Waals surface area contributed by atoms with Gasteiger partial charge in [-0.25, -0.2) is 9.97 Å². The van der Waals surface area contributed by atoms with E-state index in [1.807, 2.05) is 31.2 Å². The third-order valence-electron chi connectivity index (χ3n) is 3.06. The number of nitrogen functional groups attached to an aromatic ring is 1. The quantitative estimate of drug-likeness (QED) is 0.773. The highest BCUT2D eigenvalue weighted by molar-refractivity contribution is 5.64. The van der Waals surface area contributed by atoms with Crippen molar-refractivity contribution in [2.24, 2.45) is 0 Å². The number of hydrogen-bond donors (Lipinski definition) is 1. The summed E-state index contributed by atoms with van der Waals surface area (Å²) >= 11 is 0. The summed E-state index contributed by atoms with van der Waals surface area (Å²) in [6.45, 7) is 3.96. The van der Waals surface area contributed by atoms with Crippen LogP contribution >= 0.6 is 0 Å². The van der Waals surface area contributed by atoms with Crippen LogP contribution in [-0.2, 0) is 0 Å². The SMILES string of the molecule is Cc1cccc(-c2cc(N)n(-c3cc(C)ncn3)n2)c1. The van der Waals surface area contributed by atoms with Crippen LogP contribution in [0.25, 0.3) is 17.1 Å². The molecular weight excluding hydrogens is 250 g/mol. The van der Waals surface area contributed by atoms with E-state index in [0.29, 0.717) is 11.6 Å². The zero-order chi connectivity index (χ0) is 14.1. The molecule has 3 rings (SSSR count). The highest BCUT2D eigenvalue weighted by atomic mass is 15.3. The molecule has 5 heteroatoms. The summed E-state index contributed by atoms with van der Waals surface area (Å²) in [4.78, 5) is 8.28. The van der Waals surface area contributed by atoms with Gasteiger partial charge in [-0.2, -0.15) is 9.78 Å². The van der Waals surface area contributed by atoms with Crippen LogP contribution in [0.5, 0.6) is 0 Å². The first-order valence-electron chi connectivity index (χ1n) is 6.35. The number of aromatic nitrogens is 4. The van der Waals surface area contributed by atoms with Crippen LogP contribution in [-0.4, -0.2) is 19.7 Å². The minimum absolute atomic E-state index is 0.555. The fraction of sp³-hybridized carbons (Fsp3) is 0.133. The van der Waals surface area contributed by atoms with Gasteiger partial charge in [-0.3, -0.25) is 0 Å². The standard InChI is InChI=1S/C15H15N5/c1-10-4-3-5-12(6-10)13-8-14(16)20(19-13)15-7-11(2)17-9-18-15/h3-9H,16H2,1-2H3. The molecule has 1 aromatic carbocycles. The van der Waals surface area contributed by atoms with Crippen molar-refractivity contribution in [1.82, 2.24) is 19.7 Å². The molecule has 0 fully saturated rings. The molecule has 0 aliphatic heterocycles. The van der Waals surface area contributed by atoms with E-state index in [-0.39, 0.29) is 0 Å². The number of nitrogens with two attached hydrogens (primary N) is 1. The molecule has 5 nitrogen and oxygen atoms in total. The topological polar surface area (TPSA) is 69.6 Å². The smallest absolute Gasteiger partial charge is 0.159 e. The molecule has 0 aliphatic carbocycles. The van der Waals surface area contributed by atoms with Crippen LogP contribution in [0, 0.1) is 13.8 Å². The first-order chi connectivity index (χ1) is 9.63. The second-order valence-corrected chi connectivity index (χ2v) is 4.75. The molecule has 2 aromatic heterocycles. The van der Waals surface area contributed by atoms with Crippen LogP contribution in [0.1, 0.15) is 11.3 Å². The Kier molecular flexibility index (Phi) is 2.95. The first-order valence-corrected chi connectivity index (χ1v) is 6.35. The molecule has 0 saturated heterocycles. The lowest BCUT2D eigenvalue weighted by molar-refractivity contribution is 0.847. The number of anilines is 1. The van der Waals surface area contributed by atoms with Crippen molar-refractivity contribution < 1.29 is 0 Å². The van der Waals surface area contributed by atoms with Gasteiger partial charge in [0.15, 0.2) is 5.82 Å². The second-order valence-electron chi connectivity index (χ2n) is 4.75. The number of aryl methyl sites for hydroxylation is 2. The maximum absolute atomic E-state index is 6.04. The van der Waals surface area contributed by atoms with E-state index >= 15 is 0 Å². The minimum atomic E-state index is 0.555. The van der Waals surface area contributed by atoms with Gasteiger partial charge in [-0.05, 0) is 19.9 Å². The Balaban J connectivity index is 2.08. The molecule has 0 aliphatic rings. The summed E-state index contributed by atoms with van der Waals surface area (Å²) < 4.78 is 1.63. The van der Waals surface area contributed by atoms with Gasteiger partial charge < -0.3 is 5.73 Å². The van der Waals surface area contributed by atoms with Gasteiger partial charge in [-0.1, -0.05) is 23.8 Å². The van der Waals surface area contributed by atoms with E-state index < -0.39 is 0 Å². The summed E-state index contributed by atoms with van der Waals surface area (Å²) in [6, 6.07) is 11.9. The molecule has 20 heavy (non-hydrogen) atoms. The summed E-state index contributed by atoms with van der Waals surface area (Å²) in [5.41, 5.74) is 9.98. The lowest BCUT2D eigenvalue weighted by Crippen LogP contribution is -2.04. The molecule has 0 saturated carbocycles. The molecule has 0 amide bonds. The highest BCUT2D eigenvalue weighted by Gasteiger charge is 2.10. The van der Waals surface area contributed by atoms with Crippen LogP contribution in [0.4, 0.5) is 5.82 Å². The molecule has 0 radical (unpaired) electrons. The van der Waals surface area contributed by atoms with Crippen LogP contribution in [0.2, 0.25) is 0 Å². The maximum atomic E-state index is 6.04. The second kappa shape index (κ2) is 4.77. The zero-order valence-electron chi connectivity index (χ0n) is 11.4. The molecule has 0 atom stereocenters. The normalized spacial score (nSPS) is 10.7. The van der Waals surface area contributed by atoms with Crippen molar-refractivity contribution in [1.29, 1.82) is 0 Å². The number of rotatable bonds is 2. The lowest BCUT2D eigenvalue weighted by Gasteiger charge is -2.02. The van der Waals surface area contributed by atoms with Crippen molar-refractivity contribution in [3.05, 3.63) is 54.0 Å². The third kappa shape index (κ3) is 2.25. The monoisotopic (exact) mass is 265 g/mol.